The highest BCUT2D eigenvalue weighted by Gasteiger charge is 2.18. The van der Waals surface area contributed by atoms with Gasteiger partial charge in [-0.25, -0.2) is 4.99 Å². The van der Waals surface area contributed by atoms with Crippen molar-refractivity contribution in [2.24, 2.45) is 10.7 Å². The van der Waals surface area contributed by atoms with Crippen molar-refractivity contribution in [3.05, 3.63) is 35.4 Å². The summed E-state index contributed by atoms with van der Waals surface area (Å²) in [6, 6.07) is 6.07. The van der Waals surface area contributed by atoms with Gasteiger partial charge < -0.3 is 25.3 Å². The van der Waals surface area contributed by atoms with Crippen molar-refractivity contribution in [3.63, 3.8) is 0 Å². The Balaban J connectivity index is 1.89. The van der Waals surface area contributed by atoms with Gasteiger partial charge in [-0.05, 0) is 18.6 Å². The molecule has 0 unspecified atom stereocenters. The minimum atomic E-state index is 0.385. The summed E-state index contributed by atoms with van der Waals surface area (Å²) >= 11 is 0. The van der Waals surface area contributed by atoms with E-state index in [1.54, 1.807) is 7.05 Å². The molecule has 0 radical (unpaired) electrons. The summed E-state index contributed by atoms with van der Waals surface area (Å²) in [4.78, 5) is 6.61. The lowest BCUT2D eigenvalue weighted by atomic mass is 10.1. The SMILES string of the molecule is CN/C(N)=N\c1c(C)cccc1N(C)Cc1nnc2n1CCOC2. The highest BCUT2D eigenvalue weighted by molar-refractivity contribution is 5.84. The maximum atomic E-state index is 5.85. The Hall–Kier alpha value is -2.61. The van der Waals surface area contributed by atoms with Crippen molar-refractivity contribution in [2.45, 2.75) is 26.6 Å². The second kappa shape index (κ2) is 6.88. The number of fused-ring (bicyclic) bond motifs is 1. The minimum Gasteiger partial charge on any atom is -0.372 e. The van der Waals surface area contributed by atoms with Gasteiger partial charge in [0.1, 0.15) is 6.61 Å². The van der Waals surface area contributed by atoms with E-state index in [9.17, 15) is 0 Å². The summed E-state index contributed by atoms with van der Waals surface area (Å²) in [7, 11) is 3.77. The third-order valence-corrected chi connectivity index (χ3v) is 4.09. The lowest BCUT2D eigenvalue weighted by Gasteiger charge is -2.23. The summed E-state index contributed by atoms with van der Waals surface area (Å²) < 4.78 is 7.54. The number of para-hydroxylation sites is 1. The van der Waals surface area contributed by atoms with Crippen LogP contribution >= 0.6 is 0 Å². The van der Waals surface area contributed by atoms with E-state index in [2.05, 4.69) is 30.0 Å². The van der Waals surface area contributed by atoms with E-state index in [1.165, 1.54) is 0 Å². The van der Waals surface area contributed by atoms with Crippen molar-refractivity contribution >= 4 is 17.3 Å². The molecule has 1 aliphatic rings. The number of hydrogen-bond acceptors (Lipinski definition) is 5. The fourth-order valence-electron chi connectivity index (χ4n) is 2.74. The highest BCUT2D eigenvalue weighted by Crippen LogP contribution is 2.32. The van der Waals surface area contributed by atoms with E-state index in [0.717, 1.165) is 35.1 Å². The Morgan fingerprint density at radius 2 is 2.29 bits per heavy atom. The number of nitrogens with two attached hydrogens (primary N) is 1. The number of hydrogen-bond donors (Lipinski definition) is 2. The fourth-order valence-corrected chi connectivity index (χ4v) is 2.74. The molecule has 1 aromatic carbocycles. The molecule has 0 bridgehead atoms. The molecule has 0 saturated carbocycles. The number of rotatable bonds is 4. The molecule has 8 heteroatoms. The summed E-state index contributed by atoms with van der Waals surface area (Å²) in [6.45, 7) is 4.67. The molecule has 24 heavy (non-hydrogen) atoms. The highest BCUT2D eigenvalue weighted by atomic mass is 16.5. The number of aryl methyl sites for hydroxylation is 1. The predicted octanol–water partition coefficient (Wildman–Crippen LogP) is 0.919. The van der Waals surface area contributed by atoms with Crippen LogP contribution in [-0.2, 0) is 24.4 Å². The van der Waals surface area contributed by atoms with Gasteiger partial charge in [-0.15, -0.1) is 10.2 Å². The summed E-state index contributed by atoms with van der Waals surface area (Å²) in [5.41, 5.74) is 8.77. The number of ether oxygens (including phenoxy) is 1. The Morgan fingerprint density at radius 3 is 3.08 bits per heavy atom. The maximum absolute atomic E-state index is 5.85. The Bertz CT molecular complexity index is 753. The van der Waals surface area contributed by atoms with Crippen LogP contribution in [0.5, 0.6) is 0 Å². The predicted molar refractivity (Wildman–Crippen MR) is 93.3 cm³/mol. The third-order valence-electron chi connectivity index (χ3n) is 4.09. The number of anilines is 1. The fraction of sp³-hybridized carbons (Fsp3) is 0.438. The van der Waals surface area contributed by atoms with Crippen molar-refractivity contribution in [1.29, 1.82) is 0 Å². The lowest BCUT2D eigenvalue weighted by molar-refractivity contribution is 0.0806. The second-order valence-corrected chi connectivity index (χ2v) is 5.78. The van der Waals surface area contributed by atoms with Gasteiger partial charge in [0.25, 0.3) is 0 Å². The Labute approximate surface area is 141 Å². The zero-order valence-electron chi connectivity index (χ0n) is 14.3. The van der Waals surface area contributed by atoms with E-state index in [0.29, 0.717) is 25.7 Å². The van der Waals surface area contributed by atoms with Crippen LogP contribution in [0.1, 0.15) is 17.2 Å². The number of aromatic nitrogens is 3. The van der Waals surface area contributed by atoms with Gasteiger partial charge in [0.2, 0.25) is 0 Å². The van der Waals surface area contributed by atoms with Crippen LogP contribution in [0, 0.1) is 6.92 Å². The molecular weight excluding hydrogens is 306 g/mol. The van der Waals surface area contributed by atoms with E-state index >= 15 is 0 Å². The van der Waals surface area contributed by atoms with Crippen molar-refractivity contribution in [3.8, 4) is 0 Å². The van der Waals surface area contributed by atoms with Crippen molar-refractivity contribution in [1.82, 2.24) is 20.1 Å². The first-order valence-corrected chi connectivity index (χ1v) is 7.91. The van der Waals surface area contributed by atoms with Crippen molar-refractivity contribution in [2.75, 3.05) is 25.6 Å². The molecule has 0 amide bonds. The molecule has 0 spiro atoms. The van der Waals surface area contributed by atoms with Crippen LogP contribution in [-0.4, -0.2) is 41.4 Å². The second-order valence-electron chi connectivity index (χ2n) is 5.78. The van der Waals surface area contributed by atoms with Gasteiger partial charge in [0, 0.05) is 20.6 Å². The first-order chi connectivity index (χ1) is 11.6. The number of aliphatic imine (C=N–C) groups is 1. The van der Waals surface area contributed by atoms with Gasteiger partial charge in [-0.1, -0.05) is 12.1 Å². The Kier molecular flexibility index (Phi) is 4.66. The standard InChI is InChI=1S/C16H23N7O/c1-11-5-4-6-12(15(11)19-16(17)18-2)22(3)9-13-20-21-14-10-24-8-7-23(13)14/h4-6H,7-10H2,1-3H3,(H3,17,18,19). The molecule has 128 valence electrons. The quantitative estimate of drug-likeness (QED) is 0.640. The summed E-state index contributed by atoms with van der Waals surface area (Å²) in [5.74, 6) is 2.19. The first-order valence-electron chi connectivity index (χ1n) is 7.91. The maximum Gasteiger partial charge on any atom is 0.193 e. The third kappa shape index (κ3) is 3.18. The van der Waals surface area contributed by atoms with Crippen molar-refractivity contribution < 1.29 is 4.74 Å². The molecule has 1 aromatic heterocycles. The van der Waals surface area contributed by atoms with E-state index in [1.807, 2.05) is 32.2 Å². The smallest absolute Gasteiger partial charge is 0.193 e. The van der Waals surface area contributed by atoms with Gasteiger partial charge in [-0.2, -0.15) is 0 Å². The molecular formula is C16H23N7O. The van der Waals surface area contributed by atoms with Gasteiger partial charge >= 0.3 is 0 Å². The average molecular weight is 329 g/mol. The molecule has 8 nitrogen and oxygen atoms in total. The molecule has 3 rings (SSSR count). The number of nitrogens with zero attached hydrogens (tertiary/aromatic N) is 5. The van der Waals surface area contributed by atoms with Crippen LogP contribution in [0.25, 0.3) is 0 Å². The Morgan fingerprint density at radius 1 is 1.46 bits per heavy atom. The summed E-state index contributed by atoms with van der Waals surface area (Å²) in [5, 5.41) is 11.4. The topological polar surface area (TPSA) is 93.6 Å². The largest absolute Gasteiger partial charge is 0.372 e. The molecule has 0 fully saturated rings. The number of benzene rings is 1. The first kappa shape index (κ1) is 16.3. The zero-order valence-corrected chi connectivity index (χ0v) is 14.3. The molecule has 0 saturated heterocycles. The van der Waals surface area contributed by atoms with Crippen LogP contribution in [0.3, 0.4) is 0 Å². The van der Waals surface area contributed by atoms with Gasteiger partial charge in [0.05, 0.1) is 24.5 Å². The van der Waals surface area contributed by atoms with Gasteiger partial charge in [0.15, 0.2) is 17.6 Å². The van der Waals surface area contributed by atoms with Crippen LogP contribution in [0.4, 0.5) is 11.4 Å². The number of nitrogens with one attached hydrogen (secondary N) is 1. The zero-order chi connectivity index (χ0) is 17.1. The lowest BCUT2D eigenvalue weighted by Crippen LogP contribution is -2.27. The average Bonchev–Trinajstić information content (AvgIpc) is 2.99. The summed E-state index contributed by atoms with van der Waals surface area (Å²) in [6.07, 6.45) is 0. The molecule has 3 N–H and O–H groups in total. The molecule has 0 aliphatic carbocycles. The van der Waals surface area contributed by atoms with E-state index in [-0.39, 0.29) is 0 Å². The molecule has 2 heterocycles. The van der Waals surface area contributed by atoms with Crippen LogP contribution < -0.4 is 16.0 Å². The van der Waals surface area contributed by atoms with Gasteiger partial charge in [-0.3, -0.25) is 0 Å². The molecule has 1 aliphatic heterocycles. The van der Waals surface area contributed by atoms with E-state index < -0.39 is 0 Å². The molecule has 0 atom stereocenters. The minimum absolute atomic E-state index is 0.385. The molecule has 2 aromatic rings. The van der Waals surface area contributed by atoms with E-state index in [4.69, 9.17) is 10.5 Å². The monoisotopic (exact) mass is 329 g/mol. The van der Waals surface area contributed by atoms with Crippen LogP contribution in [0.2, 0.25) is 0 Å². The normalized spacial score (nSPS) is 14.4. The van der Waals surface area contributed by atoms with Crippen LogP contribution in [0.15, 0.2) is 23.2 Å². The number of guanidine groups is 1.